The summed E-state index contributed by atoms with van der Waals surface area (Å²) in [5.41, 5.74) is -0.326. The predicted molar refractivity (Wildman–Crippen MR) is 380 cm³/mol. The third-order valence-corrected chi connectivity index (χ3v) is 23.6. The van der Waals surface area contributed by atoms with Crippen molar-refractivity contribution in [2.75, 3.05) is 36.6 Å². The van der Waals surface area contributed by atoms with Crippen LogP contribution in [0, 0.1) is 74.9 Å². The molecule has 2 aliphatic carbocycles. The number of carboxylic acid groups (broad SMARTS) is 1. The van der Waals surface area contributed by atoms with E-state index in [9.17, 15) is 19.5 Å². The van der Waals surface area contributed by atoms with Gasteiger partial charge in [0.1, 0.15) is 48.2 Å². The van der Waals surface area contributed by atoms with E-state index in [0.717, 1.165) is 30.6 Å². The highest BCUT2D eigenvalue weighted by atomic mass is 32.2. The van der Waals surface area contributed by atoms with Crippen LogP contribution in [0.4, 0.5) is 10.6 Å². The smallest absolute Gasteiger partial charge is 0.407 e. The molecule has 3 amide bonds. The minimum Gasteiger partial charge on any atom is -0.478 e. The molecule has 0 spiro atoms. The number of rotatable bonds is 26. The van der Waals surface area contributed by atoms with Crippen molar-refractivity contribution in [1.29, 1.82) is 0 Å². The van der Waals surface area contributed by atoms with Gasteiger partial charge in [0.15, 0.2) is 0 Å². The Morgan fingerprint density at radius 3 is 1.66 bits per heavy atom. The van der Waals surface area contributed by atoms with Crippen LogP contribution in [-0.2, 0) is 38.1 Å². The third-order valence-electron chi connectivity index (χ3n) is 20.9. The number of hydrogen-bond donors (Lipinski definition) is 5. The molecular weight excluding hydrogens is 1230 g/mol. The van der Waals surface area contributed by atoms with Crippen LogP contribution >= 0.6 is 23.5 Å². The van der Waals surface area contributed by atoms with Crippen LogP contribution in [0.2, 0.25) is 0 Å². The number of anilines is 1. The van der Waals surface area contributed by atoms with Gasteiger partial charge in [0.25, 0.3) is 0 Å². The van der Waals surface area contributed by atoms with Gasteiger partial charge in [0.05, 0.1) is 28.0 Å². The molecule has 0 saturated heterocycles. The lowest BCUT2D eigenvalue weighted by atomic mass is 9.59. The lowest BCUT2D eigenvalue weighted by Crippen LogP contribution is -2.50. The van der Waals surface area contributed by atoms with Crippen molar-refractivity contribution in [3.63, 3.8) is 0 Å². The number of hydrogen-bond acceptors (Lipinski definition) is 14. The van der Waals surface area contributed by atoms with Gasteiger partial charge in [-0.1, -0.05) is 138 Å². The summed E-state index contributed by atoms with van der Waals surface area (Å²) in [5, 5.41) is 18.6. The number of thioether (sulfide) groups is 2. The first-order chi connectivity index (χ1) is 43.5. The molecule has 19 heteroatoms. The van der Waals surface area contributed by atoms with E-state index in [-0.39, 0.29) is 117 Å². The fourth-order valence-electron chi connectivity index (χ4n) is 13.9. The van der Waals surface area contributed by atoms with Gasteiger partial charge in [-0.3, -0.25) is 14.4 Å². The number of carbonyl (C=O) groups is 7. The molecular formula is C75H117N5O12S2. The first-order valence-electron chi connectivity index (χ1n) is 34.5. The van der Waals surface area contributed by atoms with E-state index in [0.29, 0.717) is 78.6 Å². The Balaban J connectivity index is 1.63. The maximum absolute atomic E-state index is 15.5. The quantitative estimate of drug-likeness (QED) is 0.0255. The van der Waals surface area contributed by atoms with Crippen LogP contribution in [0.25, 0.3) is 6.08 Å². The zero-order valence-electron chi connectivity index (χ0n) is 61.3. The summed E-state index contributed by atoms with van der Waals surface area (Å²) in [4.78, 5) is 108. The first kappa shape index (κ1) is 79.1. The molecule has 4 atom stereocenters. The summed E-state index contributed by atoms with van der Waals surface area (Å²) in [5.74, 6) is -1.45. The highest BCUT2D eigenvalue weighted by molar-refractivity contribution is 8.01. The predicted octanol–water partition coefficient (Wildman–Crippen LogP) is 17.1. The zero-order valence-corrected chi connectivity index (χ0v) is 62.9. The number of allylic oxidation sites excluding steroid dienone is 1. The van der Waals surface area contributed by atoms with Gasteiger partial charge in [0, 0.05) is 45.4 Å². The Morgan fingerprint density at radius 2 is 1.18 bits per heavy atom. The lowest BCUT2D eigenvalue weighted by Gasteiger charge is -2.50. The minimum absolute atomic E-state index is 0.00684. The second-order valence-corrected chi connectivity index (χ2v) is 34.6. The molecule has 17 nitrogen and oxygen atoms in total. The van der Waals surface area contributed by atoms with Crippen molar-refractivity contribution in [1.82, 2.24) is 15.6 Å². The van der Waals surface area contributed by atoms with Crippen LogP contribution in [0.5, 0.6) is 0 Å². The molecule has 3 aliphatic rings. The topological polar surface area (TPSA) is 241 Å². The molecule has 1 aliphatic heterocycles. The van der Waals surface area contributed by atoms with E-state index < -0.39 is 51.8 Å². The second-order valence-electron chi connectivity index (χ2n) is 32.0. The number of H-pyrrole nitrogens is 1. The molecule has 5 N–H and O–H groups in total. The molecule has 2 heterocycles. The van der Waals surface area contributed by atoms with Gasteiger partial charge in [-0.2, -0.15) is 0 Å². The molecule has 526 valence electrons. The molecule has 5 rings (SSSR count). The van der Waals surface area contributed by atoms with Gasteiger partial charge >= 0.3 is 30.0 Å². The molecule has 2 aromatic rings. The number of aromatic amines is 1. The number of alkyl carbamates (subject to hydrolysis) is 1. The largest absolute Gasteiger partial charge is 0.478 e. The number of amidine groups is 1. The van der Waals surface area contributed by atoms with E-state index >= 15 is 19.2 Å². The van der Waals surface area contributed by atoms with Gasteiger partial charge in [-0.15, -0.1) is 23.5 Å². The Labute approximate surface area is 571 Å². The number of aromatic nitrogens is 1. The standard InChI is InChI=1S/C75H117N5O12S2/c1-24-73(22,23)67(87)89-34-33-76-68(88)90-35-37-94-75(27-4,28-5)66(86)80-61-57(64(84)92-59-52(71(16,17)18)40-45(7)41-53(59)72(19,20)21)47(9)55(78-61)43-54-46(8)56(63(83)91-58-50(69(10,11)12)38-44(6)39-51(58)70(13,14)15)60(77-54)79-65(85)74(25-2,26-3)32-36-93-49-31-29-30-48(42-49)62(81)82/h29-31,42-45,50-53,58-59,78H,24-28,32-41H2,1-23H3,(H,76,88)(H,80,86)(H,81,82)(H,77,79,85). The zero-order chi connectivity index (χ0) is 70.9. The van der Waals surface area contributed by atoms with E-state index in [2.05, 4.69) is 118 Å². The van der Waals surface area contributed by atoms with Crippen LogP contribution in [-0.4, -0.2) is 106 Å². The van der Waals surface area contributed by atoms with Crippen LogP contribution in [0.15, 0.2) is 51.0 Å². The normalized spacial score (nSPS) is 22.1. The Morgan fingerprint density at radius 1 is 0.660 bits per heavy atom. The summed E-state index contributed by atoms with van der Waals surface area (Å²) < 4.78 is 23.6. The number of aromatic carboxylic acids is 1. The monoisotopic (exact) mass is 1340 g/mol. The molecule has 2 fully saturated rings. The number of amides is 3. The summed E-state index contributed by atoms with van der Waals surface area (Å²) in [6.07, 6.45) is 6.37. The van der Waals surface area contributed by atoms with Crippen LogP contribution in [0.3, 0.4) is 0 Å². The van der Waals surface area contributed by atoms with E-state index in [4.69, 9.17) is 23.9 Å². The third kappa shape index (κ3) is 19.6. The minimum atomic E-state index is -1.05. The Bertz CT molecular complexity index is 3070. The average Bonchev–Trinajstić information content (AvgIpc) is 1.31. The van der Waals surface area contributed by atoms with E-state index in [1.165, 1.54) is 23.5 Å². The Hall–Kier alpha value is -5.56. The summed E-state index contributed by atoms with van der Waals surface area (Å²) >= 11 is 2.82. The number of benzene rings is 1. The van der Waals surface area contributed by atoms with Crippen molar-refractivity contribution in [2.24, 2.45) is 73.0 Å². The number of nitrogens with zero attached hydrogens (tertiary/aromatic N) is 1. The maximum atomic E-state index is 15.5. The van der Waals surface area contributed by atoms with Gasteiger partial charge in [-0.05, 0) is 167 Å². The van der Waals surface area contributed by atoms with E-state index in [1.54, 1.807) is 52.0 Å². The van der Waals surface area contributed by atoms with Crippen molar-refractivity contribution < 1.29 is 57.6 Å². The molecule has 2 saturated carbocycles. The van der Waals surface area contributed by atoms with E-state index in [1.807, 2.05) is 40.7 Å². The Kier molecular flexibility index (Phi) is 27.1. The number of carboxylic acids is 1. The summed E-state index contributed by atoms with van der Waals surface area (Å²) in [7, 11) is 0. The molecule has 0 radical (unpaired) electrons. The molecule has 0 bridgehead atoms. The van der Waals surface area contributed by atoms with Crippen molar-refractivity contribution >= 4 is 83.0 Å². The summed E-state index contributed by atoms with van der Waals surface area (Å²) in [6.45, 7) is 47.8. The lowest BCUT2D eigenvalue weighted by molar-refractivity contribution is -0.164. The van der Waals surface area contributed by atoms with Crippen molar-refractivity contribution in [3.05, 3.63) is 63.5 Å². The first-order valence-corrected chi connectivity index (χ1v) is 36.5. The molecule has 4 unspecified atom stereocenters. The number of carbonyl (C=O) groups excluding carboxylic acids is 6. The molecule has 1 aromatic heterocycles. The average molecular weight is 1340 g/mol. The number of aliphatic imine (C=N–C) groups is 1. The fourth-order valence-corrected chi connectivity index (χ4v) is 16.1. The van der Waals surface area contributed by atoms with Gasteiger partial charge < -0.3 is 45.0 Å². The molecule has 1 aromatic carbocycles. The number of nitrogens with one attached hydrogen (secondary N) is 4. The van der Waals surface area contributed by atoms with Crippen molar-refractivity contribution in [2.45, 2.75) is 245 Å². The van der Waals surface area contributed by atoms with Crippen LogP contribution < -0.4 is 16.0 Å². The summed E-state index contributed by atoms with van der Waals surface area (Å²) in [6, 6.07) is 6.74. The highest BCUT2D eigenvalue weighted by Gasteiger charge is 2.51. The highest BCUT2D eigenvalue weighted by Crippen LogP contribution is 2.52. The van der Waals surface area contributed by atoms with Crippen molar-refractivity contribution in [3.8, 4) is 0 Å². The van der Waals surface area contributed by atoms with Crippen LogP contribution in [0.1, 0.15) is 249 Å². The second kappa shape index (κ2) is 32.2. The number of ether oxygens (including phenoxy) is 4. The molecule has 94 heavy (non-hydrogen) atoms. The van der Waals surface area contributed by atoms with Gasteiger partial charge in [-0.25, -0.2) is 24.2 Å². The SMILES string of the molecule is CCC(C)(C)C(=O)OCCNC(=O)OCCSC(CC)(CC)C(=O)Nc1[nH]c(C=C2N=C(NC(=O)C(CC)(CC)CCSc3cccc(C(=O)O)c3)C(C(=O)OC3C(C(C)(C)C)CC(C)CC3C(C)(C)C)=C2C)c(C)c1C(=O)OC1C(C(C)(C)C)CC(C)CC1C(C)(C)C. The maximum Gasteiger partial charge on any atom is 0.407 e. The number of esters is 3. The fraction of sp³-hybridized carbons (Fsp3) is 0.707. The van der Waals surface area contributed by atoms with Gasteiger partial charge in [0.2, 0.25) is 11.8 Å².